The molecule has 1 amide bonds. The molecular weight excluding hydrogens is 331 g/mol. The van der Waals surface area contributed by atoms with Gasteiger partial charge in [-0.25, -0.2) is 18.2 Å². The molecule has 7 heteroatoms. The number of carbonyl (C=O) groups excluding carboxylic acids is 1. The van der Waals surface area contributed by atoms with Crippen LogP contribution in [0, 0.1) is 17.5 Å². The van der Waals surface area contributed by atoms with Gasteiger partial charge in [0.1, 0.15) is 5.69 Å². The molecule has 0 saturated heterocycles. The number of benzene rings is 1. The van der Waals surface area contributed by atoms with Crippen molar-refractivity contribution in [2.24, 2.45) is 0 Å². The van der Waals surface area contributed by atoms with Crippen LogP contribution in [0.4, 0.5) is 24.5 Å². The van der Waals surface area contributed by atoms with Crippen molar-refractivity contribution in [2.45, 2.75) is 38.1 Å². The van der Waals surface area contributed by atoms with E-state index in [9.17, 15) is 18.0 Å². The second-order valence-corrected chi connectivity index (χ2v) is 6.09. The molecule has 1 aromatic carbocycles. The molecule has 0 atom stereocenters. The Morgan fingerprint density at radius 3 is 2.44 bits per heavy atom. The Balaban J connectivity index is 1.65. The van der Waals surface area contributed by atoms with Gasteiger partial charge in [-0.15, -0.1) is 0 Å². The number of amides is 1. The van der Waals surface area contributed by atoms with Crippen molar-refractivity contribution >= 4 is 17.3 Å². The summed E-state index contributed by atoms with van der Waals surface area (Å²) in [6, 6.07) is 5.34. The van der Waals surface area contributed by atoms with Gasteiger partial charge in [0.2, 0.25) is 0 Å². The van der Waals surface area contributed by atoms with Crippen LogP contribution in [0.15, 0.2) is 30.5 Å². The maximum absolute atomic E-state index is 13.6. The molecule has 0 unspecified atom stereocenters. The summed E-state index contributed by atoms with van der Waals surface area (Å²) in [5, 5.41) is 5.57. The lowest BCUT2D eigenvalue weighted by Crippen LogP contribution is -2.22. The lowest BCUT2D eigenvalue weighted by molar-refractivity contribution is 0.102. The third-order valence-electron chi connectivity index (χ3n) is 4.26. The first-order valence-corrected chi connectivity index (χ1v) is 8.22. The van der Waals surface area contributed by atoms with Gasteiger partial charge < -0.3 is 10.6 Å². The van der Waals surface area contributed by atoms with Gasteiger partial charge in [0.25, 0.3) is 5.91 Å². The summed E-state index contributed by atoms with van der Waals surface area (Å²) >= 11 is 0. The van der Waals surface area contributed by atoms with Crippen LogP contribution in [-0.2, 0) is 0 Å². The first-order chi connectivity index (χ1) is 12.0. The molecular formula is C18H18F3N3O. The average molecular weight is 349 g/mol. The summed E-state index contributed by atoms with van der Waals surface area (Å²) in [7, 11) is 0. The van der Waals surface area contributed by atoms with E-state index in [1.165, 1.54) is 31.5 Å². The Labute approximate surface area is 143 Å². The molecule has 1 aromatic heterocycles. The molecule has 1 saturated carbocycles. The largest absolute Gasteiger partial charge is 0.381 e. The maximum atomic E-state index is 13.6. The number of nitrogens with one attached hydrogen (secondary N) is 2. The standard InChI is InChI=1S/C18H18F3N3O/c19-13-7-9-14(17(21)16(13)20)24-18(25)15-8-6-12(10-22-15)23-11-4-2-1-3-5-11/h6-11,23H,1-5H2,(H,24,25). The summed E-state index contributed by atoms with van der Waals surface area (Å²) in [4.78, 5) is 16.1. The topological polar surface area (TPSA) is 54.0 Å². The second kappa shape index (κ2) is 7.55. The zero-order chi connectivity index (χ0) is 17.8. The van der Waals surface area contributed by atoms with Gasteiger partial charge in [0.15, 0.2) is 17.5 Å². The van der Waals surface area contributed by atoms with Crippen LogP contribution in [0.1, 0.15) is 42.6 Å². The van der Waals surface area contributed by atoms with Crippen molar-refractivity contribution in [3.63, 3.8) is 0 Å². The number of hydrogen-bond donors (Lipinski definition) is 2. The maximum Gasteiger partial charge on any atom is 0.274 e. The van der Waals surface area contributed by atoms with Crippen LogP contribution in [0.3, 0.4) is 0 Å². The van der Waals surface area contributed by atoms with E-state index in [1.807, 2.05) is 0 Å². The van der Waals surface area contributed by atoms with Crippen LogP contribution < -0.4 is 10.6 Å². The van der Waals surface area contributed by atoms with Crippen LogP contribution in [0.25, 0.3) is 0 Å². The fourth-order valence-electron chi connectivity index (χ4n) is 2.90. The predicted molar refractivity (Wildman–Crippen MR) is 89.0 cm³/mol. The van der Waals surface area contributed by atoms with Crippen molar-refractivity contribution in [1.29, 1.82) is 0 Å². The fourth-order valence-corrected chi connectivity index (χ4v) is 2.90. The molecule has 0 radical (unpaired) electrons. The molecule has 132 valence electrons. The minimum absolute atomic E-state index is 0.0540. The van der Waals surface area contributed by atoms with Crippen LogP contribution >= 0.6 is 0 Å². The predicted octanol–water partition coefficient (Wildman–Crippen LogP) is 4.50. The minimum Gasteiger partial charge on any atom is -0.381 e. The molecule has 2 aromatic rings. The van der Waals surface area contributed by atoms with Crippen LogP contribution in [-0.4, -0.2) is 16.9 Å². The minimum atomic E-state index is -1.63. The van der Waals surface area contributed by atoms with Gasteiger partial charge in [0.05, 0.1) is 17.6 Å². The molecule has 0 bridgehead atoms. The van der Waals surface area contributed by atoms with E-state index in [2.05, 4.69) is 15.6 Å². The molecule has 1 fully saturated rings. The number of hydrogen-bond acceptors (Lipinski definition) is 3. The number of rotatable bonds is 4. The molecule has 0 aliphatic heterocycles. The number of aromatic nitrogens is 1. The summed E-state index contributed by atoms with van der Waals surface area (Å²) in [6.07, 6.45) is 7.41. The second-order valence-electron chi connectivity index (χ2n) is 6.09. The van der Waals surface area contributed by atoms with Crippen molar-refractivity contribution < 1.29 is 18.0 Å². The first kappa shape index (κ1) is 17.3. The summed E-state index contributed by atoms with van der Waals surface area (Å²) in [5.74, 6) is -5.08. The first-order valence-electron chi connectivity index (χ1n) is 8.22. The highest BCUT2D eigenvalue weighted by molar-refractivity contribution is 6.03. The molecule has 0 spiro atoms. The summed E-state index contributed by atoms with van der Waals surface area (Å²) < 4.78 is 39.7. The molecule has 2 N–H and O–H groups in total. The van der Waals surface area contributed by atoms with Crippen LogP contribution in [0.2, 0.25) is 0 Å². The van der Waals surface area contributed by atoms with Crippen molar-refractivity contribution in [2.75, 3.05) is 10.6 Å². The Hall–Kier alpha value is -2.57. The normalized spacial score (nSPS) is 15.0. The number of nitrogens with zero attached hydrogens (tertiary/aromatic N) is 1. The highest BCUT2D eigenvalue weighted by Crippen LogP contribution is 2.22. The molecule has 4 nitrogen and oxygen atoms in total. The fraction of sp³-hybridized carbons (Fsp3) is 0.333. The van der Waals surface area contributed by atoms with Gasteiger partial charge in [-0.1, -0.05) is 19.3 Å². The highest BCUT2D eigenvalue weighted by Gasteiger charge is 2.17. The zero-order valence-electron chi connectivity index (χ0n) is 13.5. The van der Waals surface area contributed by atoms with E-state index in [0.717, 1.165) is 30.7 Å². The Morgan fingerprint density at radius 2 is 1.76 bits per heavy atom. The lowest BCUT2D eigenvalue weighted by Gasteiger charge is -2.23. The summed E-state index contributed by atoms with van der Waals surface area (Å²) in [5.41, 5.74) is 0.427. The van der Waals surface area contributed by atoms with Crippen molar-refractivity contribution in [3.05, 3.63) is 53.6 Å². The van der Waals surface area contributed by atoms with E-state index < -0.39 is 29.0 Å². The third-order valence-corrected chi connectivity index (χ3v) is 4.26. The highest BCUT2D eigenvalue weighted by atomic mass is 19.2. The number of halogens is 3. The van der Waals surface area contributed by atoms with E-state index >= 15 is 0 Å². The van der Waals surface area contributed by atoms with E-state index in [1.54, 1.807) is 6.07 Å². The average Bonchev–Trinajstić information content (AvgIpc) is 2.63. The molecule has 3 rings (SSSR count). The van der Waals surface area contributed by atoms with Gasteiger partial charge >= 0.3 is 0 Å². The van der Waals surface area contributed by atoms with E-state index in [0.29, 0.717) is 6.04 Å². The van der Waals surface area contributed by atoms with Crippen LogP contribution in [0.5, 0.6) is 0 Å². The number of pyridine rings is 1. The van der Waals surface area contributed by atoms with E-state index in [4.69, 9.17) is 0 Å². The molecule has 1 heterocycles. The van der Waals surface area contributed by atoms with Gasteiger partial charge in [-0.05, 0) is 37.1 Å². The molecule has 1 aliphatic carbocycles. The van der Waals surface area contributed by atoms with Crippen molar-refractivity contribution in [1.82, 2.24) is 4.98 Å². The Bertz CT molecular complexity index is 759. The third kappa shape index (κ3) is 4.10. The summed E-state index contributed by atoms with van der Waals surface area (Å²) in [6.45, 7) is 0. The SMILES string of the molecule is O=C(Nc1ccc(F)c(F)c1F)c1ccc(NC2CCCCC2)cn1. The number of anilines is 2. The smallest absolute Gasteiger partial charge is 0.274 e. The number of carbonyl (C=O) groups is 1. The van der Waals surface area contributed by atoms with Gasteiger partial charge in [-0.2, -0.15) is 0 Å². The van der Waals surface area contributed by atoms with Crippen molar-refractivity contribution in [3.8, 4) is 0 Å². The monoisotopic (exact) mass is 349 g/mol. The molecule has 25 heavy (non-hydrogen) atoms. The lowest BCUT2D eigenvalue weighted by atomic mass is 9.95. The quantitative estimate of drug-likeness (QED) is 0.800. The Kier molecular flexibility index (Phi) is 5.21. The van der Waals surface area contributed by atoms with Gasteiger partial charge in [0, 0.05) is 6.04 Å². The van der Waals surface area contributed by atoms with Gasteiger partial charge in [-0.3, -0.25) is 4.79 Å². The Morgan fingerprint density at radius 1 is 1.00 bits per heavy atom. The zero-order valence-corrected chi connectivity index (χ0v) is 13.5. The molecule has 1 aliphatic rings. The van der Waals surface area contributed by atoms with E-state index in [-0.39, 0.29) is 5.69 Å².